The van der Waals surface area contributed by atoms with E-state index in [0.29, 0.717) is 80.3 Å². The van der Waals surface area contributed by atoms with Gasteiger partial charge in [-0.25, -0.2) is 13.8 Å². The summed E-state index contributed by atoms with van der Waals surface area (Å²) in [6.07, 6.45) is 8.11. The van der Waals surface area contributed by atoms with Crippen LogP contribution in [0.3, 0.4) is 0 Å². The van der Waals surface area contributed by atoms with Gasteiger partial charge in [0.25, 0.3) is 0 Å². The van der Waals surface area contributed by atoms with Gasteiger partial charge >= 0.3 is 0 Å². The van der Waals surface area contributed by atoms with Gasteiger partial charge in [-0.15, -0.1) is 0 Å². The fourth-order valence-electron chi connectivity index (χ4n) is 7.57. The van der Waals surface area contributed by atoms with Crippen LogP contribution in [0.1, 0.15) is 53.1 Å². The first-order chi connectivity index (χ1) is 27.7. The molecule has 12 heteroatoms. The highest BCUT2D eigenvalue weighted by Crippen LogP contribution is 2.41. The van der Waals surface area contributed by atoms with E-state index in [2.05, 4.69) is 4.98 Å². The molecule has 0 amide bonds. The van der Waals surface area contributed by atoms with Crippen molar-refractivity contribution in [3.63, 3.8) is 0 Å². The molecule has 3 fully saturated rings. The molecule has 4 heterocycles. The Balaban J connectivity index is 1.03. The molecule has 0 spiro atoms. The van der Waals surface area contributed by atoms with Crippen molar-refractivity contribution in [3.8, 4) is 44.9 Å². The van der Waals surface area contributed by atoms with Crippen molar-refractivity contribution in [2.45, 2.75) is 50.7 Å². The van der Waals surface area contributed by atoms with Crippen LogP contribution in [-0.4, -0.2) is 68.2 Å². The number of nitrogen functional groups attached to an aromatic ring is 1. The average molecular weight is 778 g/mol. The smallest absolute Gasteiger partial charge is 0.200 e. The average Bonchev–Trinajstić information content (AvgIpc) is 4.08. The number of nitrogens with two attached hydrogens (primary N) is 1. The number of anilines is 1. The van der Waals surface area contributed by atoms with Gasteiger partial charge in [0.2, 0.25) is 0 Å². The third-order valence-electron chi connectivity index (χ3n) is 10.9. The second-order valence-corrected chi connectivity index (χ2v) is 15.0. The summed E-state index contributed by atoms with van der Waals surface area (Å²) < 4.78 is 61.6. The lowest BCUT2D eigenvalue weighted by atomic mass is 9.95. The molecule has 1 aliphatic carbocycles. The normalized spacial score (nSPS) is 17.4. The molecule has 10 nitrogen and oxygen atoms in total. The molecule has 3 aliphatic rings. The van der Waals surface area contributed by atoms with Crippen molar-refractivity contribution < 1.29 is 37.3 Å². The minimum absolute atomic E-state index is 0.0703. The molecular weight excluding hydrogens is 733 g/mol. The van der Waals surface area contributed by atoms with Gasteiger partial charge in [-0.3, -0.25) is 9.59 Å². The zero-order valence-corrected chi connectivity index (χ0v) is 31.8. The maximum atomic E-state index is 16.0. The van der Waals surface area contributed by atoms with E-state index in [-0.39, 0.29) is 46.5 Å². The number of carbonyl (C=O) groups is 1. The zero-order valence-electron chi connectivity index (χ0n) is 31.8. The van der Waals surface area contributed by atoms with Crippen molar-refractivity contribution in [1.82, 2.24) is 9.55 Å². The maximum absolute atomic E-state index is 16.0. The Hall–Kier alpha value is -5.43. The van der Waals surface area contributed by atoms with Gasteiger partial charge < -0.3 is 34.0 Å². The highest BCUT2D eigenvalue weighted by atomic mass is 19.1. The highest BCUT2D eigenvalue weighted by molar-refractivity contribution is 5.98. The van der Waals surface area contributed by atoms with Crippen LogP contribution in [-0.2, 0) is 27.2 Å². The van der Waals surface area contributed by atoms with Gasteiger partial charge in [-0.05, 0) is 84.5 Å². The second-order valence-electron chi connectivity index (χ2n) is 15.0. The van der Waals surface area contributed by atoms with Crippen LogP contribution in [0.5, 0.6) is 11.5 Å². The molecule has 8 rings (SSSR count). The number of hydrogen-bond donors (Lipinski definition) is 1. The predicted molar refractivity (Wildman–Crippen MR) is 212 cm³/mol. The summed E-state index contributed by atoms with van der Waals surface area (Å²) in [5.74, 6) is 0.201. The van der Waals surface area contributed by atoms with E-state index in [1.165, 1.54) is 12.1 Å². The number of methoxy groups -OCH3 is 1. The van der Waals surface area contributed by atoms with Gasteiger partial charge in [-0.2, -0.15) is 0 Å². The Bertz CT molecular complexity index is 2330. The van der Waals surface area contributed by atoms with Crippen LogP contribution >= 0.6 is 0 Å². The summed E-state index contributed by atoms with van der Waals surface area (Å²) >= 11 is 0. The molecule has 1 saturated carbocycles. The predicted octanol–water partition coefficient (Wildman–Crippen LogP) is 7.64. The fraction of sp³-hybridized carbons (Fsp3) is 0.356. The van der Waals surface area contributed by atoms with Gasteiger partial charge in [-0.1, -0.05) is 30.3 Å². The zero-order chi connectivity index (χ0) is 39.5. The number of rotatable bonds is 13. The second kappa shape index (κ2) is 17.0. The molecule has 0 bridgehead atoms. The van der Waals surface area contributed by atoms with Crippen LogP contribution in [0.25, 0.3) is 33.4 Å². The molecule has 3 aromatic carbocycles. The molecule has 57 heavy (non-hydrogen) atoms. The molecule has 2 N–H and O–H groups in total. The third-order valence-corrected chi connectivity index (χ3v) is 10.9. The number of Topliss-reactive ketones (excluding diaryl/α,β-unsaturated/α-hetero) is 1. The van der Waals surface area contributed by atoms with Crippen LogP contribution < -0.4 is 20.6 Å². The van der Waals surface area contributed by atoms with Crippen LogP contribution in [0.15, 0.2) is 84.0 Å². The Labute approximate surface area is 329 Å². The largest absolute Gasteiger partial charge is 0.493 e. The van der Waals surface area contributed by atoms with Crippen molar-refractivity contribution in [2.75, 3.05) is 52.5 Å². The molecule has 2 aromatic heterocycles. The third kappa shape index (κ3) is 8.78. The first kappa shape index (κ1) is 38.4. The fourth-order valence-corrected chi connectivity index (χ4v) is 7.57. The topological polar surface area (TPSA) is 124 Å². The molecule has 0 unspecified atom stereocenters. The molecular formula is C45H45F2N3O7. The van der Waals surface area contributed by atoms with E-state index in [1.54, 1.807) is 62.1 Å². The monoisotopic (exact) mass is 777 g/mol. The van der Waals surface area contributed by atoms with Crippen LogP contribution in [0, 0.1) is 17.6 Å². The first-order valence-electron chi connectivity index (χ1n) is 19.4. The van der Waals surface area contributed by atoms with Gasteiger partial charge in [0, 0.05) is 72.6 Å². The number of benzene rings is 3. The standard InChI is InChI=1S/C45H45F2N3O7/c1-53-43-20-31(6-9-42(43)57-26-33-25-55-14-15-56-33)32-18-36(45(48)49-21-32)34-7-2-28(16-39(34)46)17-41(51)38-24-50(22-27-10-12-54-13-11-27)23-37(44(38)52)35-8-5-30(19-40(35)47)29-3-4-29/h2,5-9,16,18-21,23-24,27,29,33H,3-4,10-15,17,22,25-26H2,1H3,(H2,48,49)/t33-/m1/s1. The Morgan fingerprint density at radius 1 is 0.842 bits per heavy atom. The number of pyridine rings is 2. The molecule has 296 valence electrons. The van der Waals surface area contributed by atoms with E-state index in [1.807, 2.05) is 16.7 Å². The first-order valence-corrected chi connectivity index (χ1v) is 19.4. The van der Waals surface area contributed by atoms with Crippen molar-refractivity contribution in [1.29, 1.82) is 0 Å². The summed E-state index contributed by atoms with van der Waals surface area (Å²) in [4.78, 5) is 32.2. The number of halogens is 2. The van der Waals surface area contributed by atoms with Gasteiger partial charge in [0.05, 0.1) is 32.5 Å². The number of aromatic nitrogens is 2. The minimum atomic E-state index is -0.607. The van der Waals surface area contributed by atoms with E-state index in [0.717, 1.165) is 36.8 Å². The van der Waals surface area contributed by atoms with Crippen LogP contribution in [0.4, 0.5) is 14.6 Å². The van der Waals surface area contributed by atoms with E-state index in [4.69, 9.17) is 29.4 Å². The van der Waals surface area contributed by atoms with Crippen molar-refractivity contribution >= 4 is 11.6 Å². The maximum Gasteiger partial charge on any atom is 0.200 e. The Morgan fingerprint density at radius 3 is 2.37 bits per heavy atom. The molecule has 2 aliphatic heterocycles. The lowest BCUT2D eigenvalue weighted by Gasteiger charge is -2.23. The van der Waals surface area contributed by atoms with Gasteiger partial charge in [0.15, 0.2) is 22.7 Å². The number of ether oxygens (including phenoxy) is 5. The lowest BCUT2D eigenvalue weighted by Crippen LogP contribution is -2.33. The van der Waals surface area contributed by atoms with E-state index < -0.39 is 22.8 Å². The lowest BCUT2D eigenvalue weighted by molar-refractivity contribution is -0.101. The number of ketones is 1. The SMILES string of the molecule is COc1cc(-c2cnc(N)c(-c3ccc(CC(=O)c4cn(CC5CCOCC5)cc(-c5ccc(C6CC6)cc5F)c4=O)cc3F)c2)ccc1OC[C@H]1COCCO1. The Morgan fingerprint density at radius 2 is 1.63 bits per heavy atom. The van der Waals surface area contributed by atoms with Crippen molar-refractivity contribution in [2.24, 2.45) is 5.92 Å². The molecule has 0 radical (unpaired) electrons. The minimum Gasteiger partial charge on any atom is -0.493 e. The summed E-state index contributed by atoms with van der Waals surface area (Å²) in [6.45, 7) is 3.67. The number of carbonyl (C=O) groups excluding carboxylic acids is 1. The summed E-state index contributed by atoms with van der Waals surface area (Å²) in [5.41, 5.74) is 9.21. The molecule has 2 saturated heterocycles. The van der Waals surface area contributed by atoms with Crippen molar-refractivity contribution in [3.05, 3.63) is 118 Å². The summed E-state index contributed by atoms with van der Waals surface area (Å²) in [6, 6.07) is 16.7. The summed E-state index contributed by atoms with van der Waals surface area (Å²) in [7, 11) is 1.55. The van der Waals surface area contributed by atoms with Gasteiger partial charge in [0.1, 0.15) is 30.2 Å². The number of nitrogens with zero attached hydrogens (tertiary/aromatic N) is 2. The van der Waals surface area contributed by atoms with Crippen LogP contribution in [0.2, 0.25) is 0 Å². The van der Waals surface area contributed by atoms with E-state index >= 15 is 8.78 Å². The number of hydrogen-bond acceptors (Lipinski definition) is 9. The summed E-state index contributed by atoms with van der Waals surface area (Å²) in [5, 5.41) is 0. The molecule has 1 atom stereocenters. The van der Waals surface area contributed by atoms with E-state index in [9.17, 15) is 9.59 Å². The molecule has 5 aromatic rings. The quantitative estimate of drug-likeness (QED) is 0.120. The highest BCUT2D eigenvalue weighted by Gasteiger charge is 2.26. The Kier molecular flexibility index (Phi) is 11.4.